The van der Waals surface area contributed by atoms with Gasteiger partial charge < -0.3 is 10.1 Å². The van der Waals surface area contributed by atoms with Crippen LogP contribution in [0.2, 0.25) is 0 Å². The zero-order chi connectivity index (χ0) is 15.2. The Morgan fingerprint density at radius 1 is 1.50 bits per heavy atom. The second-order valence-electron chi connectivity index (χ2n) is 5.06. The highest BCUT2D eigenvalue weighted by molar-refractivity contribution is 7.92. The fourth-order valence-corrected chi connectivity index (χ4v) is 5.74. The Morgan fingerprint density at radius 2 is 2.15 bits per heavy atom. The van der Waals surface area contributed by atoms with Crippen LogP contribution < -0.4 is 4.72 Å². The third-order valence-corrected chi connectivity index (χ3v) is 6.60. The smallest absolute Gasteiger partial charge is 0.352 e. The molecule has 2 heterocycles. The van der Waals surface area contributed by atoms with Gasteiger partial charge in [-0.25, -0.2) is 26.4 Å². The maximum atomic E-state index is 12.1. The molecule has 0 bridgehead atoms. The zero-order valence-electron chi connectivity index (χ0n) is 10.6. The summed E-state index contributed by atoms with van der Waals surface area (Å²) in [5.74, 6) is -1.62. The number of H-pyrrole nitrogens is 1. The van der Waals surface area contributed by atoms with E-state index in [9.17, 15) is 21.6 Å². The van der Waals surface area contributed by atoms with Crippen molar-refractivity contribution in [3.8, 4) is 0 Å². The van der Waals surface area contributed by atoms with Gasteiger partial charge in [-0.05, 0) is 19.4 Å². The molecule has 8 nitrogen and oxygen atoms in total. The lowest BCUT2D eigenvalue weighted by molar-refractivity contribution is 0.0691. The number of sulfone groups is 1. The summed E-state index contributed by atoms with van der Waals surface area (Å²) in [7, 11) is -7.22. The number of hydrogen-bond donors (Lipinski definition) is 3. The Labute approximate surface area is 116 Å². The van der Waals surface area contributed by atoms with E-state index in [0.29, 0.717) is 0 Å². The van der Waals surface area contributed by atoms with Gasteiger partial charge >= 0.3 is 5.97 Å². The number of carbonyl (C=O) groups is 1. The molecule has 1 aliphatic heterocycles. The van der Waals surface area contributed by atoms with Gasteiger partial charge in [0.2, 0.25) is 10.0 Å². The van der Waals surface area contributed by atoms with E-state index in [-0.39, 0.29) is 28.5 Å². The number of aromatic nitrogens is 1. The molecule has 1 atom stereocenters. The Morgan fingerprint density at radius 3 is 2.60 bits per heavy atom. The highest BCUT2D eigenvalue weighted by atomic mass is 32.2. The minimum absolute atomic E-state index is 0.0699. The largest absolute Gasteiger partial charge is 0.477 e. The van der Waals surface area contributed by atoms with Gasteiger partial charge in [0.25, 0.3) is 0 Å². The SMILES string of the molecule is CC1(NS(=O)(=O)c2c[nH]c(C(=O)O)c2)CCS(=O)(=O)C1. The van der Waals surface area contributed by atoms with E-state index in [1.165, 1.54) is 6.92 Å². The molecule has 1 aliphatic rings. The van der Waals surface area contributed by atoms with Crippen LogP contribution in [0.15, 0.2) is 17.2 Å². The number of sulfonamides is 1. The molecule has 1 aromatic rings. The number of carboxylic acid groups (broad SMARTS) is 1. The van der Waals surface area contributed by atoms with Crippen LogP contribution in [0.1, 0.15) is 23.8 Å². The maximum Gasteiger partial charge on any atom is 0.352 e. The fourth-order valence-electron chi connectivity index (χ4n) is 2.13. The van der Waals surface area contributed by atoms with Crippen LogP contribution in [0.4, 0.5) is 0 Å². The molecule has 0 spiro atoms. The Kier molecular flexibility index (Phi) is 3.43. The van der Waals surface area contributed by atoms with E-state index in [0.717, 1.165) is 12.3 Å². The van der Waals surface area contributed by atoms with Crippen molar-refractivity contribution in [3.05, 3.63) is 18.0 Å². The molecule has 0 aromatic carbocycles. The van der Waals surface area contributed by atoms with Crippen molar-refractivity contribution in [1.82, 2.24) is 9.71 Å². The summed E-state index contributed by atoms with van der Waals surface area (Å²) >= 11 is 0. The standard InChI is InChI=1S/C10H14N2O6S2/c1-10(2-3-19(15,16)6-10)12-20(17,18)7-4-8(9(13)14)11-5-7/h4-5,11-12H,2-3,6H2,1H3,(H,13,14). The van der Waals surface area contributed by atoms with Gasteiger partial charge in [0.05, 0.1) is 11.5 Å². The summed E-state index contributed by atoms with van der Waals surface area (Å²) in [5, 5.41) is 8.74. The van der Waals surface area contributed by atoms with Crippen LogP contribution in [-0.2, 0) is 19.9 Å². The summed E-state index contributed by atoms with van der Waals surface area (Å²) in [5.41, 5.74) is -1.33. The summed E-state index contributed by atoms with van der Waals surface area (Å²) in [4.78, 5) is 12.8. The van der Waals surface area contributed by atoms with E-state index in [4.69, 9.17) is 5.11 Å². The third kappa shape index (κ3) is 3.02. The molecule has 0 aliphatic carbocycles. The second-order valence-corrected chi connectivity index (χ2v) is 8.93. The number of rotatable bonds is 4. The first-order valence-corrected chi connectivity index (χ1v) is 9.00. The first-order valence-electron chi connectivity index (χ1n) is 5.69. The summed E-state index contributed by atoms with van der Waals surface area (Å²) in [6.45, 7) is 1.51. The molecule has 112 valence electrons. The lowest BCUT2D eigenvalue weighted by Crippen LogP contribution is -2.46. The summed E-state index contributed by atoms with van der Waals surface area (Å²) in [6.07, 6.45) is 1.24. The van der Waals surface area contributed by atoms with Crippen molar-refractivity contribution in [1.29, 1.82) is 0 Å². The van der Waals surface area contributed by atoms with Crippen LogP contribution in [-0.4, -0.2) is 49.9 Å². The van der Waals surface area contributed by atoms with E-state index < -0.39 is 31.4 Å². The molecule has 0 radical (unpaired) electrons. The van der Waals surface area contributed by atoms with Gasteiger partial charge in [0.1, 0.15) is 10.6 Å². The Balaban J connectivity index is 2.25. The van der Waals surface area contributed by atoms with Crippen molar-refractivity contribution in [2.45, 2.75) is 23.8 Å². The molecule has 1 aromatic heterocycles. The number of aromatic carboxylic acids is 1. The van der Waals surface area contributed by atoms with Crippen LogP contribution in [0.3, 0.4) is 0 Å². The van der Waals surface area contributed by atoms with Crippen molar-refractivity contribution >= 4 is 25.8 Å². The van der Waals surface area contributed by atoms with E-state index >= 15 is 0 Å². The number of hydrogen-bond acceptors (Lipinski definition) is 5. The highest BCUT2D eigenvalue weighted by Crippen LogP contribution is 2.25. The molecule has 1 saturated heterocycles. The van der Waals surface area contributed by atoms with E-state index in [1.54, 1.807) is 0 Å². The topological polar surface area (TPSA) is 133 Å². The average molecular weight is 322 g/mol. The van der Waals surface area contributed by atoms with E-state index in [2.05, 4.69) is 9.71 Å². The molecule has 10 heteroatoms. The zero-order valence-corrected chi connectivity index (χ0v) is 12.2. The van der Waals surface area contributed by atoms with E-state index in [1.807, 2.05) is 0 Å². The molecule has 20 heavy (non-hydrogen) atoms. The molecular formula is C10H14N2O6S2. The molecule has 2 rings (SSSR count). The van der Waals surface area contributed by atoms with Gasteiger partial charge in [0.15, 0.2) is 9.84 Å². The average Bonchev–Trinajstić information content (AvgIpc) is 2.83. The number of nitrogens with one attached hydrogen (secondary N) is 2. The van der Waals surface area contributed by atoms with Gasteiger partial charge in [-0.15, -0.1) is 0 Å². The predicted molar refractivity (Wildman–Crippen MR) is 69.7 cm³/mol. The van der Waals surface area contributed by atoms with Crippen LogP contribution in [0, 0.1) is 0 Å². The Hall–Kier alpha value is -1.39. The molecule has 1 unspecified atom stereocenters. The fraction of sp³-hybridized carbons (Fsp3) is 0.500. The third-order valence-electron chi connectivity index (χ3n) is 3.08. The lowest BCUT2D eigenvalue weighted by Gasteiger charge is -2.23. The maximum absolute atomic E-state index is 12.1. The van der Waals surface area contributed by atoms with Gasteiger partial charge in [-0.3, -0.25) is 0 Å². The van der Waals surface area contributed by atoms with Crippen LogP contribution >= 0.6 is 0 Å². The molecule has 1 fully saturated rings. The highest BCUT2D eigenvalue weighted by Gasteiger charge is 2.41. The first kappa shape index (κ1) is 15.0. The molecule has 0 amide bonds. The minimum Gasteiger partial charge on any atom is -0.477 e. The normalized spacial score (nSPS) is 25.6. The van der Waals surface area contributed by atoms with Gasteiger partial charge in [-0.1, -0.05) is 0 Å². The van der Waals surface area contributed by atoms with Gasteiger partial charge in [0, 0.05) is 11.7 Å². The minimum atomic E-state index is -3.97. The monoisotopic (exact) mass is 322 g/mol. The quantitative estimate of drug-likeness (QED) is 0.688. The number of carboxylic acids is 1. The lowest BCUT2D eigenvalue weighted by atomic mass is 10.0. The van der Waals surface area contributed by atoms with Crippen molar-refractivity contribution in [3.63, 3.8) is 0 Å². The van der Waals surface area contributed by atoms with Crippen molar-refractivity contribution in [2.75, 3.05) is 11.5 Å². The Bertz CT molecular complexity index is 748. The van der Waals surface area contributed by atoms with Crippen LogP contribution in [0.5, 0.6) is 0 Å². The molecule has 3 N–H and O–H groups in total. The van der Waals surface area contributed by atoms with Gasteiger partial charge in [-0.2, -0.15) is 0 Å². The predicted octanol–water partition coefficient (Wildman–Crippen LogP) is -0.432. The molecular weight excluding hydrogens is 308 g/mol. The van der Waals surface area contributed by atoms with Crippen molar-refractivity contribution < 1.29 is 26.7 Å². The first-order chi connectivity index (χ1) is 9.03. The molecule has 0 saturated carbocycles. The number of aromatic amines is 1. The van der Waals surface area contributed by atoms with Crippen molar-refractivity contribution in [2.24, 2.45) is 0 Å². The summed E-state index contributed by atoms with van der Waals surface area (Å²) < 4.78 is 49.5. The van der Waals surface area contributed by atoms with Crippen LogP contribution in [0.25, 0.3) is 0 Å². The summed E-state index contributed by atoms with van der Waals surface area (Å²) in [6, 6.07) is 0.984. The second kappa shape index (κ2) is 4.57.